The van der Waals surface area contributed by atoms with Crippen molar-refractivity contribution in [1.82, 2.24) is 5.32 Å². The molecule has 0 aliphatic carbocycles. The molecule has 5 nitrogen and oxygen atoms in total. The molecule has 0 saturated heterocycles. The average molecular weight is 330 g/mol. The molecule has 1 atom stereocenters. The highest BCUT2D eigenvalue weighted by Crippen LogP contribution is 2.32. The molecule has 0 bridgehead atoms. The fourth-order valence-corrected chi connectivity index (χ4v) is 3.45. The van der Waals surface area contributed by atoms with Crippen LogP contribution >= 0.6 is 11.3 Å². The first-order valence-corrected chi connectivity index (χ1v) is 8.36. The van der Waals surface area contributed by atoms with Gasteiger partial charge in [0.25, 0.3) is 0 Å². The minimum absolute atomic E-state index is 0.0205. The van der Waals surface area contributed by atoms with Crippen molar-refractivity contribution in [3.05, 3.63) is 46.7 Å². The first-order chi connectivity index (χ1) is 11.1. The number of hydrogen-bond acceptors (Lipinski definition) is 4. The van der Waals surface area contributed by atoms with E-state index in [9.17, 15) is 9.59 Å². The predicted octanol–water partition coefficient (Wildman–Crippen LogP) is 2.74. The van der Waals surface area contributed by atoms with Gasteiger partial charge in [-0.05, 0) is 23.6 Å². The van der Waals surface area contributed by atoms with Crippen molar-refractivity contribution in [1.29, 1.82) is 0 Å². The Kier molecular flexibility index (Phi) is 4.62. The second-order valence-electron chi connectivity index (χ2n) is 5.33. The van der Waals surface area contributed by atoms with Crippen molar-refractivity contribution in [2.75, 3.05) is 18.1 Å². The van der Waals surface area contributed by atoms with Gasteiger partial charge in [0, 0.05) is 11.8 Å². The van der Waals surface area contributed by atoms with E-state index in [2.05, 4.69) is 5.32 Å². The third-order valence-electron chi connectivity index (χ3n) is 3.67. The molecule has 120 valence electrons. The third-order valence-corrected chi connectivity index (χ3v) is 4.66. The number of amides is 2. The fourth-order valence-electron chi connectivity index (χ4n) is 2.67. The Hall–Kier alpha value is -2.34. The lowest BCUT2D eigenvalue weighted by molar-refractivity contribution is -0.121. The lowest BCUT2D eigenvalue weighted by Gasteiger charge is -2.30. The maximum Gasteiger partial charge on any atom is 0.229 e. The van der Waals surface area contributed by atoms with Gasteiger partial charge in [0.05, 0.1) is 24.7 Å². The standard InChI is InChI=1S/C17H18N2O3S/c1-12(20)18-13(16-7-4-10-23-16)11-17(21)19-8-9-22-15-6-3-2-5-14(15)19/h2-7,10,13H,8-9,11H2,1H3,(H,18,20). The summed E-state index contributed by atoms with van der Waals surface area (Å²) < 4.78 is 5.58. The Labute approximate surface area is 138 Å². The van der Waals surface area contributed by atoms with Gasteiger partial charge in [-0.2, -0.15) is 0 Å². The summed E-state index contributed by atoms with van der Waals surface area (Å²) in [6.45, 7) is 2.47. The van der Waals surface area contributed by atoms with E-state index in [1.54, 1.807) is 4.90 Å². The van der Waals surface area contributed by atoms with Crippen LogP contribution in [0.25, 0.3) is 0 Å². The Morgan fingerprint density at radius 1 is 1.30 bits per heavy atom. The Bertz CT molecular complexity index is 700. The number of thiophene rings is 1. The summed E-state index contributed by atoms with van der Waals surface area (Å²) in [7, 11) is 0. The van der Waals surface area contributed by atoms with Crippen molar-refractivity contribution in [3.63, 3.8) is 0 Å². The zero-order valence-corrected chi connectivity index (χ0v) is 13.6. The van der Waals surface area contributed by atoms with Gasteiger partial charge in [-0.25, -0.2) is 0 Å². The van der Waals surface area contributed by atoms with Gasteiger partial charge in [0.1, 0.15) is 12.4 Å². The van der Waals surface area contributed by atoms with Crippen molar-refractivity contribution >= 4 is 28.8 Å². The number of ether oxygens (including phenoxy) is 1. The molecule has 0 saturated carbocycles. The van der Waals surface area contributed by atoms with Crippen molar-refractivity contribution in [2.24, 2.45) is 0 Å². The van der Waals surface area contributed by atoms with Crippen LogP contribution in [0.1, 0.15) is 24.3 Å². The highest BCUT2D eigenvalue weighted by molar-refractivity contribution is 7.10. The van der Waals surface area contributed by atoms with Crippen LogP contribution in [-0.2, 0) is 9.59 Å². The minimum atomic E-state index is -0.296. The topological polar surface area (TPSA) is 58.6 Å². The van der Waals surface area contributed by atoms with Gasteiger partial charge in [0.15, 0.2) is 0 Å². The second-order valence-corrected chi connectivity index (χ2v) is 6.31. The predicted molar refractivity (Wildman–Crippen MR) is 89.8 cm³/mol. The molecule has 1 unspecified atom stereocenters. The van der Waals surface area contributed by atoms with Gasteiger partial charge in [-0.1, -0.05) is 18.2 Å². The van der Waals surface area contributed by atoms with Gasteiger partial charge >= 0.3 is 0 Å². The number of hydrogen-bond donors (Lipinski definition) is 1. The highest BCUT2D eigenvalue weighted by atomic mass is 32.1. The number of nitrogens with zero attached hydrogens (tertiary/aromatic N) is 1. The normalized spacial score (nSPS) is 14.6. The number of nitrogens with one attached hydrogen (secondary N) is 1. The quantitative estimate of drug-likeness (QED) is 0.938. The van der Waals surface area contributed by atoms with Gasteiger partial charge < -0.3 is 15.0 Å². The summed E-state index contributed by atoms with van der Waals surface area (Å²) in [6, 6.07) is 11.1. The van der Waals surface area contributed by atoms with E-state index in [-0.39, 0.29) is 24.3 Å². The monoisotopic (exact) mass is 330 g/mol. The first kappa shape index (κ1) is 15.6. The molecule has 0 fully saturated rings. The summed E-state index contributed by atoms with van der Waals surface area (Å²) in [5.74, 6) is 0.561. The summed E-state index contributed by atoms with van der Waals surface area (Å²) in [5.41, 5.74) is 0.788. The van der Waals surface area contributed by atoms with Crippen molar-refractivity contribution in [3.8, 4) is 5.75 Å². The maximum atomic E-state index is 12.8. The van der Waals surface area contributed by atoms with Crippen LogP contribution in [0.4, 0.5) is 5.69 Å². The van der Waals surface area contributed by atoms with E-state index >= 15 is 0 Å². The van der Waals surface area contributed by atoms with E-state index in [0.717, 1.165) is 16.3 Å². The van der Waals surface area contributed by atoms with Gasteiger partial charge in [-0.3, -0.25) is 9.59 Å². The number of rotatable bonds is 4. The van der Waals surface area contributed by atoms with Crippen LogP contribution in [0.5, 0.6) is 5.75 Å². The number of carbonyl (C=O) groups is 2. The summed E-state index contributed by atoms with van der Waals surface area (Å²) >= 11 is 1.54. The van der Waals surface area contributed by atoms with E-state index in [4.69, 9.17) is 4.74 Å². The smallest absolute Gasteiger partial charge is 0.229 e. The van der Waals surface area contributed by atoms with Gasteiger partial charge in [-0.15, -0.1) is 11.3 Å². The first-order valence-electron chi connectivity index (χ1n) is 7.48. The largest absolute Gasteiger partial charge is 0.490 e. The SMILES string of the molecule is CC(=O)NC(CC(=O)N1CCOc2ccccc21)c1cccs1. The zero-order chi connectivity index (χ0) is 16.2. The fraction of sp³-hybridized carbons (Fsp3) is 0.294. The maximum absolute atomic E-state index is 12.8. The molecule has 6 heteroatoms. The molecule has 0 spiro atoms. The Morgan fingerprint density at radius 3 is 2.87 bits per heavy atom. The van der Waals surface area contributed by atoms with Crippen LogP contribution < -0.4 is 15.0 Å². The van der Waals surface area contributed by atoms with Crippen LogP contribution in [0, 0.1) is 0 Å². The molecule has 1 aliphatic heterocycles. The lowest BCUT2D eigenvalue weighted by Crippen LogP contribution is -2.40. The molecule has 2 heterocycles. The molecular formula is C17H18N2O3S. The van der Waals surface area contributed by atoms with E-state index < -0.39 is 0 Å². The number of carbonyl (C=O) groups excluding carboxylic acids is 2. The van der Waals surface area contributed by atoms with Crippen LogP contribution in [0.2, 0.25) is 0 Å². The number of para-hydroxylation sites is 2. The Morgan fingerprint density at radius 2 is 2.13 bits per heavy atom. The molecule has 1 aromatic carbocycles. The summed E-state index contributed by atoms with van der Waals surface area (Å²) in [5, 5.41) is 4.81. The number of benzene rings is 1. The molecule has 1 aliphatic rings. The van der Waals surface area contributed by atoms with Gasteiger partial charge in [0.2, 0.25) is 11.8 Å². The number of fused-ring (bicyclic) bond motifs is 1. The second kappa shape index (κ2) is 6.83. The zero-order valence-electron chi connectivity index (χ0n) is 12.8. The van der Waals surface area contributed by atoms with Crippen LogP contribution in [0.15, 0.2) is 41.8 Å². The molecule has 3 rings (SSSR count). The average Bonchev–Trinajstić information content (AvgIpc) is 3.07. The Balaban J connectivity index is 1.79. The summed E-state index contributed by atoms with van der Waals surface area (Å²) in [4.78, 5) is 26.9. The molecule has 0 radical (unpaired) electrons. The summed E-state index contributed by atoms with van der Waals surface area (Å²) in [6.07, 6.45) is 0.231. The van der Waals surface area contributed by atoms with Crippen LogP contribution in [-0.4, -0.2) is 25.0 Å². The molecule has 2 amide bonds. The van der Waals surface area contributed by atoms with Crippen molar-refractivity contribution in [2.45, 2.75) is 19.4 Å². The minimum Gasteiger partial charge on any atom is -0.490 e. The van der Waals surface area contributed by atoms with E-state index in [0.29, 0.717) is 13.2 Å². The molecular weight excluding hydrogens is 312 g/mol. The third kappa shape index (κ3) is 3.53. The molecule has 2 aromatic rings. The van der Waals surface area contributed by atoms with Crippen LogP contribution in [0.3, 0.4) is 0 Å². The molecule has 1 N–H and O–H groups in total. The number of anilines is 1. The highest BCUT2D eigenvalue weighted by Gasteiger charge is 2.26. The molecule has 23 heavy (non-hydrogen) atoms. The van der Waals surface area contributed by atoms with E-state index in [1.165, 1.54) is 18.3 Å². The van der Waals surface area contributed by atoms with Crippen molar-refractivity contribution < 1.29 is 14.3 Å². The lowest BCUT2D eigenvalue weighted by atomic mass is 10.1. The molecule has 1 aromatic heterocycles. The van der Waals surface area contributed by atoms with E-state index in [1.807, 2.05) is 41.8 Å².